The van der Waals surface area contributed by atoms with Gasteiger partial charge in [0, 0.05) is 20.8 Å². The van der Waals surface area contributed by atoms with Gasteiger partial charge < -0.3 is 10.4 Å². The second-order valence-electron chi connectivity index (χ2n) is 3.79. The van der Waals surface area contributed by atoms with Gasteiger partial charge in [-0.05, 0) is 55.6 Å². The van der Waals surface area contributed by atoms with Crippen LogP contribution in [-0.4, -0.2) is 10.1 Å². The van der Waals surface area contributed by atoms with Crippen molar-refractivity contribution in [2.45, 2.75) is 13.2 Å². The van der Waals surface area contributed by atoms with Crippen LogP contribution in [0.25, 0.3) is 0 Å². The zero-order valence-electron chi connectivity index (χ0n) is 9.53. The number of anilines is 1. The first-order chi connectivity index (χ1) is 8.69. The van der Waals surface area contributed by atoms with Crippen LogP contribution < -0.4 is 5.32 Å². The minimum absolute atomic E-state index is 0.0695. The summed E-state index contributed by atoms with van der Waals surface area (Å²) < 4.78 is 1.92. The molecule has 0 amide bonds. The first kappa shape index (κ1) is 13.5. The van der Waals surface area contributed by atoms with Gasteiger partial charge in [0.05, 0.1) is 18.8 Å². The monoisotopic (exact) mass is 370 g/mol. The second kappa shape index (κ2) is 6.31. The molecule has 0 atom stereocenters. The maximum absolute atomic E-state index is 8.96. The van der Waals surface area contributed by atoms with E-state index in [0.29, 0.717) is 6.54 Å². The standard InChI is InChI=1S/C13H12Br2N2O/c14-10-5-12(15)13(17-6-10)7-16-11-3-1-9(8-18)2-4-11/h1-6,16,18H,7-8H2. The quantitative estimate of drug-likeness (QED) is 0.860. The van der Waals surface area contributed by atoms with Crippen LogP contribution in [0.3, 0.4) is 0 Å². The van der Waals surface area contributed by atoms with Gasteiger partial charge in [0.1, 0.15) is 0 Å². The highest BCUT2D eigenvalue weighted by atomic mass is 79.9. The molecule has 1 aromatic heterocycles. The van der Waals surface area contributed by atoms with E-state index in [-0.39, 0.29) is 6.61 Å². The van der Waals surface area contributed by atoms with Gasteiger partial charge in [0.15, 0.2) is 0 Å². The summed E-state index contributed by atoms with van der Waals surface area (Å²) in [4.78, 5) is 4.33. The van der Waals surface area contributed by atoms with E-state index in [1.807, 2.05) is 30.3 Å². The number of aliphatic hydroxyl groups excluding tert-OH is 1. The molecule has 0 aliphatic carbocycles. The highest BCUT2D eigenvalue weighted by Crippen LogP contribution is 2.20. The van der Waals surface area contributed by atoms with Crippen molar-refractivity contribution in [3.63, 3.8) is 0 Å². The Morgan fingerprint density at radius 2 is 1.89 bits per heavy atom. The van der Waals surface area contributed by atoms with Crippen LogP contribution in [0.4, 0.5) is 5.69 Å². The smallest absolute Gasteiger partial charge is 0.0737 e. The Hall–Kier alpha value is -0.910. The summed E-state index contributed by atoms with van der Waals surface area (Å²) in [5.41, 5.74) is 2.86. The lowest BCUT2D eigenvalue weighted by Gasteiger charge is -2.08. The van der Waals surface area contributed by atoms with Gasteiger partial charge in [-0.3, -0.25) is 4.98 Å². The lowest BCUT2D eigenvalue weighted by atomic mass is 10.2. The number of rotatable bonds is 4. The molecular formula is C13H12Br2N2O. The number of halogens is 2. The first-order valence-electron chi connectivity index (χ1n) is 5.42. The third-order valence-corrected chi connectivity index (χ3v) is 3.60. The fraction of sp³-hybridized carbons (Fsp3) is 0.154. The Bertz CT molecular complexity index is 529. The lowest BCUT2D eigenvalue weighted by Crippen LogP contribution is -2.02. The summed E-state index contributed by atoms with van der Waals surface area (Å²) in [6, 6.07) is 9.65. The Labute approximate surface area is 123 Å². The average molecular weight is 372 g/mol. The van der Waals surface area contributed by atoms with Crippen molar-refractivity contribution in [1.82, 2.24) is 4.98 Å². The number of pyridine rings is 1. The van der Waals surface area contributed by atoms with Crippen molar-refractivity contribution in [3.8, 4) is 0 Å². The summed E-state index contributed by atoms with van der Waals surface area (Å²) in [5, 5.41) is 12.2. The zero-order valence-corrected chi connectivity index (χ0v) is 12.7. The van der Waals surface area contributed by atoms with E-state index in [1.54, 1.807) is 6.20 Å². The number of nitrogens with one attached hydrogen (secondary N) is 1. The summed E-state index contributed by atoms with van der Waals surface area (Å²) in [5.74, 6) is 0. The molecule has 1 heterocycles. The molecule has 0 spiro atoms. The molecule has 0 radical (unpaired) electrons. The largest absolute Gasteiger partial charge is 0.392 e. The molecule has 0 fully saturated rings. The molecule has 94 valence electrons. The maximum Gasteiger partial charge on any atom is 0.0737 e. The number of benzene rings is 1. The minimum Gasteiger partial charge on any atom is -0.392 e. The van der Waals surface area contributed by atoms with Crippen LogP contribution in [0.5, 0.6) is 0 Å². The summed E-state index contributed by atoms with van der Waals surface area (Å²) in [6.07, 6.45) is 1.77. The number of aromatic nitrogens is 1. The van der Waals surface area contributed by atoms with Gasteiger partial charge in [-0.1, -0.05) is 12.1 Å². The number of hydrogen-bond acceptors (Lipinski definition) is 3. The first-order valence-corrected chi connectivity index (χ1v) is 7.01. The van der Waals surface area contributed by atoms with E-state index in [0.717, 1.165) is 25.9 Å². The molecule has 0 unspecified atom stereocenters. The molecule has 0 saturated heterocycles. The second-order valence-corrected chi connectivity index (χ2v) is 5.56. The molecule has 3 nitrogen and oxygen atoms in total. The summed E-state index contributed by atoms with van der Waals surface area (Å²) in [7, 11) is 0. The van der Waals surface area contributed by atoms with E-state index in [1.165, 1.54) is 0 Å². The van der Waals surface area contributed by atoms with E-state index < -0.39 is 0 Å². The van der Waals surface area contributed by atoms with Crippen LogP contribution in [-0.2, 0) is 13.2 Å². The minimum atomic E-state index is 0.0695. The molecule has 0 saturated carbocycles. The molecule has 2 aromatic rings. The Morgan fingerprint density at radius 1 is 1.17 bits per heavy atom. The predicted molar refractivity (Wildman–Crippen MR) is 79.3 cm³/mol. The van der Waals surface area contributed by atoms with E-state index in [9.17, 15) is 0 Å². The molecule has 2 N–H and O–H groups in total. The topological polar surface area (TPSA) is 45.1 Å². The van der Waals surface area contributed by atoms with Crippen LogP contribution in [0.2, 0.25) is 0 Å². The van der Waals surface area contributed by atoms with E-state index >= 15 is 0 Å². The number of nitrogens with zero attached hydrogens (tertiary/aromatic N) is 1. The van der Waals surface area contributed by atoms with Crippen LogP contribution in [0.1, 0.15) is 11.3 Å². The fourth-order valence-electron chi connectivity index (χ4n) is 1.49. The highest BCUT2D eigenvalue weighted by Gasteiger charge is 2.02. The van der Waals surface area contributed by atoms with E-state index in [4.69, 9.17) is 5.11 Å². The summed E-state index contributed by atoms with van der Waals surface area (Å²) in [6.45, 7) is 0.715. The highest BCUT2D eigenvalue weighted by molar-refractivity contribution is 9.11. The third kappa shape index (κ3) is 3.54. The predicted octanol–water partition coefficient (Wildman–Crippen LogP) is 3.71. The zero-order chi connectivity index (χ0) is 13.0. The lowest BCUT2D eigenvalue weighted by molar-refractivity contribution is 0.282. The van der Waals surface area contributed by atoms with Crippen molar-refractivity contribution in [2.75, 3.05) is 5.32 Å². The van der Waals surface area contributed by atoms with Crippen molar-refractivity contribution in [3.05, 3.63) is 56.7 Å². The molecule has 2 rings (SSSR count). The number of hydrogen-bond donors (Lipinski definition) is 2. The molecule has 0 aliphatic rings. The summed E-state index contributed by atoms with van der Waals surface area (Å²) >= 11 is 6.85. The molecule has 18 heavy (non-hydrogen) atoms. The molecule has 1 aromatic carbocycles. The van der Waals surface area contributed by atoms with Crippen molar-refractivity contribution in [1.29, 1.82) is 0 Å². The van der Waals surface area contributed by atoms with Crippen molar-refractivity contribution >= 4 is 37.5 Å². The van der Waals surface area contributed by atoms with Gasteiger partial charge in [-0.2, -0.15) is 0 Å². The molecule has 0 bridgehead atoms. The SMILES string of the molecule is OCc1ccc(NCc2ncc(Br)cc2Br)cc1. The van der Waals surface area contributed by atoms with Crippen molar-refractivity contribution < 1.29 is 5.11 Å². The van der Waals surface area contributed by atoms with Gasteiger partial charge in [-0.25, -0.2) is 0 Å². The molecule has 5 heteroatoms. The third-order valence-electron chi connectivity index (χ3n) is 2.48. The van der Waals surface area contributed by atoms with Gasteiger partial charge in [-0.15, -0.1) is 0 Å². The average Bonchev–Trinajstić information content (AvgIpc) is 2.38. The number of aliphatic hydroxyl groups is 1. The van der Waals surface area contributed by atoms with Crippen molar-refractivity contribution in [2.24, 2.45) is 0 Å². The Balaban J connectivity index is 2.02. The normalized spacial score (nSPS) is 10.4. The Morgan fingerprint density at radius 3 is 2.50 bits per heavy atom. The Kier molecular flexibility index (Phi) is 4.74. The molecular weight excluding hydrogens is 360 g/mol. The van der Waals surface area contributed by atoms with E-state index in [2.05, 4.69) is 42.2 Å². The van der Waals surface area contributed by atoms with Gasteiger partial charge >= 0.3 is 0 Å². The van der Waals surface area contributed by atoms with Crippen LogP contribution in [0, 0.1) is 0 Å². The fourth-order valence-corrected chi connectivity index (χ4v) is 2.61. The maximum atomic E-state index is 8.96. The van der Waals surface area contributed by atoms with Crippen LogP contribution in [0.15, 0.2) is 45.5 Å². The van der Waals surface area contributed by atoms with Gasteiger partial charge in [0.25, 0.3) is 0 Å². The molecule has 0 aliphatic heterocycles. The van der Waals surface area contributed by atoms with Gasteiger partial charge in [0.2, 0.25) is 0 Å². The van der Waals surface area contributed by atoms with Crippen LogP contribution >= 0.6 is 31.9 Å².